The van der Waals surface area contributed by atoms with Gasteiger partial charge in [0, 0.05) is 12.1 Å². The third kappa shape index (κ3) is 4.66. The molecular weight excluding hydrogens is 453 g/mol. The fourth-order valence-electron chi connectivity index (χ4n) is 3.46. The monoisotopic (exact) mass is 473 g/mol. The number of rotatable bonds is 6. The summed E-state index contributed by atoms with van der Waals surface area (Å²) in [6.07, 6.45) is 1.33. The summed E-state index contributed by atoms with van der Waals surface area (Å²) in [5, 5.41) is 4.42. The standard InChI is InChI=1S/C22H20FN3O4S2/c1-31(27,28)25-19-13-9-16(10-14-19)21-15-22(17-7-11-18(23)12-8-17)26(24-21)32(29,30)20-5-3-2-4-6-20/h2-14,22,25H,15H2,1H3/t22-/m0/s1. The summed E-state index contributed by atoms with van der Waals surface area (Å²) in [5.41, 5.74) is 2.17. The molecular formula is C22H20FN3O4S2. The molecule has 0 unspecified atom stereocenters. The summed E-state index contributed by atoms with van der Waals surface area (Å²) in [5.74, 6) is -0.417. The molecule has 7 nitrogen and oxygen atoms in total. The molecule has 3 aromatic rings. The van der Waals surface area contributed by atoms with Crippen molar-refractivity contribution in [2.45, 2.75) is 17.4 Å². The highest BCUT2D eigenvalue weighted by Gasteiger charge is 2.37. The van der Waals surface area contributed by atoms with E-state index in [1.54, 1.807) is 54.6 Å². The molecule has 0 amide bonds. The van der Waals surface area contributed by atoms with Gasteiger partial charge in [-0.2, -0.15) is 17.9 Å². The number of nitrogens with zero attached hydrogens (tertiary/aromatic N) is 2. The Morgan fingerprint density at radius 1 is 0.906 bits per heavy atom. The number of anilines is 1. The molecule has 166 valence electrons. The van der Waals surface area contributed by atoms with Crippen molar-refractivity contribution in [3.63, 3.8) is 0 Å². The lowest BCUT2D eigenvalue weighted by atomic mass is 9.99. The number of sulfonamides is 2. The Kier molecular flexibility index (Phi) is 5.74. The van der Waals surface area contributed by atoms with Crippen LogP contribution in [0.25, 0.3) is 0 Å². The first-order valence-corrected chi connectivity index (χ1v) is 13.0. The van der Waals surface area contributed by atoms with E-state index in [2.05, 4.69) is 9.82 Å². The summed E-state index contributed by atoms with van der Waals surface area (Å²) >= 11 is 0. The Bertz CT molecular complexity index is 1360. The second-order valence-corrected chi connectivity index (χ2v) is 10.9. The van der Waals surface area contributed by atoms with Gasteiger partial charge >= 0.3 is 0 Å². The minimum absolute atomic E-state index is 0.102. The molecule has 0 aliphatic carbocycles. The van der Waals surface area contributed by atoms with Gasteiger partial charge in [0.2, 0.25) is 10.0 Å². The van der Waals surface area contributed by atoms with Crippen molar-refractivity contribution in [3.05, 3.63) is 95.8 Å². The zero-order valence-corrected chi connectivity index (χ0v) is 18.6. The van der Waals surface area contributed by atoms with Gasteiger partial charge in [-0.15, -0.1) is 0 Å². The maximum absolute atomic E-state index is 13.5. The summed E-state index contributed by atoms with van der Waals surface area (Å²) in [6, 6.07) is 19.5. The Morgan fingerprint density at radius 3 is 2.12 bits per heavy atom. The number of halogens is 1. The first-order chi connectivity index (χ1) is 15.1. The van der Waals surface area contributed by atoms with Crippen molar-refractivity contribution >= 4 is 31.4 Å². The highest BCUT2D eigenvalue weighted by molar-refractivity contribution is 7.92. The van der Waals surface area contributed by atoms with Gasteiger partial charge < -0.3 is 0 Å². The molecule has 1 N–H and O–H groups in total. The van der Waals surface area contributed by atoms with Crippen molar-refractivity contribution < 1.29 is 21.2 Å². The average Bonchev–Trinajstić information content (AvgIpc) is 3.21. The molecule has 32 heavy (non-hydrogen) atoms. The van der Waals surface area contributed by atoms with Crippen molar-refractivity contribution in [3.8, 4) is 0 Å². The van der Waals surface area contributed by atoms with E-state index in [9.17, 15) is 21.2 Å². The van der Waals surface area contributed by atoms with Crippen LogP contribution >= 0.6 is 0 Å². The fraction of sp³-hybridized carbons (Fsp3) is 0.136. The van der Waals surface area contributed by atoms with Crippen LogP contribution in [0.4, 0.5) is 10.1 Å². The summed E-state index contributed by atoms with van der Waals surface area (Å²) in [4.78, 5) is 0.102. The van der Waals surface area contributed by atoms with Crippen molar-refractivity contribution in [2.24, 2.45) is 5.10 Å². The third-order valence-electron chi connectivity index (χ3n) is 4.94. The van der Waals surface area contributed by atoms with Gasteiger partial charge in [-0.1, -0.05) is 42.5 Å². The van der Waals surface area contributed by atoms with Gasteiger partial charge in [-0.25, -0.2) is 12.8 Å². The van der Waals surface area contributed by atoms with Gasteiger partial charge in [-0.3, -0.25) is 4.72 Å². The molecule has 4 rings (SSSR count). The van der Waals surface area contributed by atoms with E-state index in [4.69, 9.17) is 0 Å². The molecule has 10 heteroatoms. The Morgan fingerprint density at radius 2 is 1.53 bits per heavy atom. The lowest BCUT2D eigenvalue weighted by Crippen LogP contribution is -2.27. The van der Waals surface area contributed by atoms with Crippen LogP contribution in [0.5, 0.6) is 0 Å². The molecule has 0 saturated heterocycles. The van der Waals surface area contributed by atoms with Crippen LogP contribution in [0.15, 0.2) is 88.9 Å². The zero-order chi connectivity index (χ0) is 22.9. The van der Waals surface area contributed by atoms with E-state index < -0.39 is 31.9 Å². The number of hydrazone groups is 1. The first-order valence-electron chi connectivity index (χ1n) is 9.64. The molecule has 1 aliphatic rings. The first kappa shape index (κ1) is 22.0. The highest BCUT2D eigenvalue weighted by Crippen LogP contribution is 2.37. The smallest absolute Gasteiger partial charge is 0.279 e. The molecule has 1 heterocycles. The maximum atomic E-state index is 13.5. The molecule has 0 aromatic heterocycles. The van der Waals surface area contributed by atoms with Gasteiger partial charge in [-0.05, 0) is 47.5 Å². The summed E-state index contributed by atoms with van der Waals surface area (Å²) < 4.78 is 66.4. The lowest BCUT2D eigenvalue weighted by Gasteiger charge is -2.23. The Labute approximate surface area is 186 Å². The van der Waals surface area contributed by atoms with Crippen LogP contribution in [0, 0.1) is 5.82 Å². The zero-order valence-electron chi connectivity index (χ0n) is 17.0. The maximum Gasteiger partial charge on any atom is 0.279 e. The predicted molar refractivity (Wildman–Crippen MR) is 121 cm³/mol. The molecule has 1 atom stereocenters. The fourth-order valence-corrected chi connectivity index (χ4v) is 5.48. The molecule has 0 radical (unpaired) electrons. The largest absolute Gasteiger partial charge is 0.284 e. The number of hydrogen-bond donors (Lipinski definition) is 1. The number of nitrogens with one attached hydrogen (secondary N) is 1. The van der Waals surface area contributed by atoms with Crippen LogP contribution in [-0.4, -0.2) is 33.2 Å². The van der Waals surface area contributed by atoms with E-state index in [1.165, 1.54) is 24.3 Å². The van der Waals surface area contributed by atoms with E-state index >= 15 is 0 Å². The Hall–Kier alpha value is -3.24. The topological polar surface area (TPSA) is 95.9 Å². The summed E-state index contributed by atoms with van der Waals surface area (Å²) in [7, 11) is -7.37. The number of hydrogen-bond acceptors (Lipinski definition) is 5. The SMILES string of the molecule is CS(=O)(=O)Nc1ccc(C2=NN(S(=O)(=O)c3ccccc3)[C@H](c3ccc(F)cc3)C2)cc1. The van der Waals surface area contributed by atoms with E-state index in [1.807, 2.05) is 0 Å². The van der Waals surface area contributed by atoms with Gasteiger partial charge in [0.15, 0.2) is 0 Å². The minimum atomic E-state index is -3.96. The highest BCUT2D eigenvalue weighted by atomic mass is 32.2. The van der Waals surface area contributed by atoms with Crippen LogP contribution in [0.2, 0.25) is 0 Å². The molecule has 3 aromatic carbocycles. The van der Waals surface area contributed by atoms with Crippen molar-refractivity contribution in [1.29, 1.82) is 0 Å². The second kappa shape index (κ2) is 8.36. The normalized spacial score (nSPS) is 16.6. The molecule has 0 fully saturated rings. The van der Waals surface area contributed by atoms with Gasteiger partial charge in [0.05, 0.1) is 22.9 Å². The van der Waals surface area contributed by atoms with Crippen molar-refractivity contribution in [1.82, 2.24) is 4.41 Å². The molecule has 0 saturated carbocycles. The predicted octanol–water partition coefficient (Wildman–Crippen LogP) is 3.74. The Balaban J connectivity index is 1.73. The van der Waals surface area contributed by atoms with E-state index in [0.717, 1.165) is 10.7 Å². The lowest BCUT2D eigenvalue weighted by molar-refractivity contribution is 0.371. The third-order valence-corrected chi connectivity index (χ3v) is 7.24. The van der Waals surface area contributed by atoms with Crippen molar-refractivity contribution in [2.75, 3.05) is 11.0 Å². The number of benzene rings is 3. The minimum Gasteiger partial charge on any atom is -0.284 e. The van der Waals surface area contributed by atoms with Gasteiger partial charge in [0.1, 0.15) is 5.82 Å². The molecule has 0 spiro atoms. The molecule has 1 aliphatic heterocycles. The summed E-state index contributed by atoms with van der Waals surface area (Å²) in [6.45, 7) is 0. The van der Waals surface area contributed by atoms with Gasteiger partial charge in [0.25, 0.3) is 10.0 Å². The average molecular weight is 474 g/mol. The quantitative estimate of drug-likeness (QED) is 0.590. The molecule has 0 bridgehead atoms. The van der Waals surface area contributed by atoms with Crippen LogP contribution < -0.4 is 4.72 Å². The van der Waals surface area contributed by atoms with Crippen LogP contribution in [-0.2, 0) is 20.0 Å². The van der Waals surface area contributed by atoms with E-state index in [-0.39, 0.29) is 11.3 Å². The van der Waals surface area contributed by atoms with E-state index in [0.29, 0.717) is 22.5 Å². The van der Waals surface area contributed by atoms with Crippen LogP contribution in [0.3, 0.4) is 0 Å². The van der Waals surface area contributed by atoms with Crippen LogP contribution in [0.1, 0.15) is 23.6 Å². The second-order valence-electron chi connectivity index (χ2n) is 7.36.